The molecule has 1 aromatic carbocycles. The van der Waals surface area contributed by atoms with Crippen LogP contribution in [0.25, 0.3) is 0 Å². The third-order valence-electron chi connectivity index (χ3n) is 5.19. The predicted molar refractivity (Wildman–Crippen MR) is 83.0 cm³/mol. The Morgan fingerprint density at radius 2 is 1.79 bits per heavy atom. The van der Waals surface area contributed by atoms with Crippen LogP contribution in [-0.2, 0) is 0 Å². The Morgan fingerprint density at radius 3 is 2.47 bits per heavy atom. The highest BCUT2D eigenvalue weighted by Gasteiger charge is 2.37. The van der Waals surface area contributed by atoms with Crippen molar-refractivity contribution < 1.29 is 0 Å². The van der Waals surface area contributed by atoms with Crippen molar-refractivity contribution in [3.05, 3.63) is 28.8 Å². The van der Waals surface area contributed by atoms with Crippen molar-refractivity contribution in [2.24, 2.45) is 5.41 Å². The molecule has 1 N–H and O–H groups in total. The quantitative estimate of drug-likeness (QED) is 0.746. The molecule has 1 aromatic rings. The third kappa shape index (κ3) is 2.91. The maximum absolute atomic E-state index is 6.27. The van der Waals surface area contributed by atoms with E-state index in [1.54, 1.807) is 0 Å². The van der Waals surface area contributed by atoms with Crippen molar-refractivity contribution in [3.8, 4) is 0 Å². The fourth-order valence-electron chi connectivity index (χ4n) is 3.97. The summed E-state index contributed by atoms with van der Waals surface area (Å²) in [6.07, 6.45) is 11.3. The smallest absolute Gasteiger partial charge is 0.0637 e. The molecule has 0 bridgehead atoms. The molecular weight excluding hydrogens is 254 g/mol. The molecule has 3 rings (SSSR count). The average Bonchev–Trinajstić information content (AvgIpc) is 2.85. The number of anilines is 1. The van der Waals surface area contributed by atoms with Gasteiger partial charge in [-0.2, -0.15) is 0 Å². The van der Waals surface area contributed by atoms with Gasteiger partial charge >= 0.3 is 0 Å². The first-order chi connectivity index (χ1) is 9.17. The van der Waals surface area contributed by atoms with Gasteiger partial charge in [0.1, 0.15) is 0 Å². The lowest BCUT2D eigenvalue weighted by Crippen LogP contribution is -2.31. The highest BCUT2D eigenvalue weighted by Crippen LogP contribution is 2.49. The van der Waals surface area contributed by atoms with Crippen LogP contribution in [0.15, 0.2) is 18.2 Å². The fourth-order valence-corrected chi connectivity index (χ4v) is 4.14. The van der Waals surface area contributed by atoms with E-state index in [0.717, 1.165) is 10.7 Å². The molecule has 19 heavy (non-hydrogen) atoms. The van der Waals surface area contributed by atoms with E-state index in [1.165, 1.54) is 56.9 Å². The summed E-state index contributed by atoms with van der Waals surface area (Å²) in [5, 5.41) is 4.52. The van der Waals surface area contributed by atoms with Crippen LogP contribution in [0.3, 0.4) is 0 Å². The Balaban J connectivity index is 1.61. The molecule has 0 aromatic heterocycles. The number of hydrogen-bond donors (Lipinski definition) is 1. The summed E-state index contributed by atoms with van der Waals surface area (Å²) in [4.78, 5) is 0. The van der Waals surface area contributed by atoms with Crippen molar-refractivity contribution >= 4 is 17.3 Å². The predicted octanol–water partition coefficient (Wildman–Crippen LogP) is 5.56. The van der Waals surface area contributed by atoms with E-state index in [4.69, 9.17) is 11.6 Å². The molecular formula is C17H24ClN. The first-order valence-corrected chi connectivity index (χ1v) is 8.07. The Morgan fingerprint density at radius 1 is 1.11 bits per heavy atom. The van der Waals surface area contributed by atoms with E-state index < -0.39 is 0 Å². The zero-order chi connectivity index (χ0) is 13.3. The molecule has 104 valence electrons. The number of aryl methyl sites for hydroxylation is 1. The molecule has 0 radical (unpaired) electrons. The average molecular weight is 278 g/mol. The summed E-state index contributed by atoms with van der Waals surface area (Å²) in [6, 6.07) is 6.86. The van der Waals surface area contributed by atoms with Gasteiger partial charge in [-0.1, -0.05) is 30.5 Å². The van der Waals surface area contributed by atoms with Crippen molar-refractivity contribution in [1.82, 2.24) is 0 Å². The van der Waals surface area contributed by atoms with E-state index in [2.05, 4.69) is 24.4 Å². The molecule has 0 aliphatic heterocycles. The van der Waals surface area contributed by atoms with Crippen molar-refractivity contribution in [1.29, 1.82) is 0 Å². The molecule has 0 atom stereocenters. The monoisotopic (exact) mass is 277 g/mol. The van der Waals surface area contributed by atoms with Gasteiger partial charge in [0, 0.05) is 6.04 Å². The Bertz CT molecular complexity index is 439. The normalized spacial score (nSPS) is 22.8. The Hall–Kier alpha value is -0.690. The lowest BCUT2D eigenvalue weighted by molar-refractivity contribution is 0.188. The second-order valence-corrected chi connectivity index (χ2v) is 7.02. The second-order valence-electron chi connectivity index (χ2n) is 6.61. The minimum absolute atomic E-state index is 0.616. The molecule has 2 fully saturated rings. The number of nitrogens with one attached hydrogen (secondary N) is 1. The standard InChI is InChI=1S/C17H24ClN/c1-13-4-5-15(18)16(12-13)19-14-6-10-17(11-7-14)8-2-3-9-17/h4-5,12,14,19H,2-3,6-11H2,1H3. The maximum atomic E-state index is 6.27. The first kappa shape index (κ1) is 13.3. The lowest BCUT2D eigenvalue weighted by atomic mass is 9.71. The topological polar surface area (TPSA) is 12.0 Å². The SMILES string of the molecule is Cc1ccc(Cl)c(NC2CCC3(CCCC3)CC2)c1. The van der Waals surface area contributed by atoms with E-state index in [-0.39, 0.29) is 0 Å². The third-order valence-corrected chi connectivity index (χ3v) is 5.52. The number of halogens is 1. The van der Waals surface area contributed by atoms with Crippen LogP contribution < -0.4 is 5.32 Å². The van der Waals surface area contributed by atoms with Crippen LogP contribution in [-0.4, -0.2) is 6.04 Å². The Labute approximate surface area is 121 Å². The maximum Gasteiger partial charge on any atom is 0.0637 e. The molecule has 1 spiro atoms. The summed E-state index contributed by atoms with van der Waals surface area (Å²) in [7, 11) is 0. The van der Waals surface area contributed by atoms with E-state index in [1.807, 2.05) is 6.07 Å². The molecule has 0 unspecified atom stereocenters. The zero-order valence-electron chi connectivity index (χ0n) is 11.8. The first-order valence-electron chi connectivity index (χ1n) is 7.70. The van der Waals surface area contributed by atoms with Gasteiger partial charge in [0.05, 0.1) is 10.7 Å². The van der Waals surface area contributed by atoms with Gasteiger partial charge in [0.15, 0.2) is 0 Å². The molecule has 0 heterocycles. The van der Waals surface area contributed by atoms with Gasteiger partial charge in [0.2, 0.25) is 0 Å². The summed E-state index contributed by atoms with van der Waals surface area (Å²) in [5.41, 5.74) is 3.11. The van der Waals surface area contributed by atoms with Gasteiger partial charge in [0.25, 0.3) is 0 Å². The van der Waals surface area contributed by atoms with Gasteiger partial charge in [-0.25, -0.2) is 0 Å². The Kier molecular flexibility index (Phi) is 3.75. The summed E-state index contributed by atoms with van der Waals surface area (Å²) >= 11 is 6.27. The van der Waals surface area contributed by atoms with Crippen LogP contribution in [0.1, 0.15) is 56.9 Å². The summed E-state index contributed by atoms with van der Waals surface area (Å²) in [5.74, 6) is 0. The van der Waals surface area contributed by atoms with Crippen LogP contribution in [0, 0.1) is 12.3 Å². The van der Waals surface area contributed by atoms with Gasteiger partial charge in [-0.3, -0.25) is 0 Å². The minimum atomic E-state index is 0.616. The van der Waals surface area contributed by atoms with Crippen molar-refractivity contribution in [3.63, 3.8) is 0 Å². The van der Waals surface area contributed by atoms with Gasteiger partial charge in [-0.05, 0) is 68.6 Å². The van der Waals surface area contributed by atoms with E-state index in [0.29, 0.717) is 11.5 Å². The van der Waals surface area contributed by atoms with Crippen LogP contribution in [0.2, 0.25) is 5.02 Å². The van der Waals surface area contributed by atoms with Crippen LogP contribution in [0.4, 0.5) is 5.69 Å². The van der Waals surface area contributed by atoms with E-state index in [9.17, 15) is 0 Å². The molecule has 1 nitrogen and oxygen atoms in total. The number of rotatable bonds is 2. The molecule has 2 saturated carbocycles. The minimum Gasteiger partial charge on any atom is -0.381 e. The molecule has 0 amide bonds. The molecule has 2 heteroatoms. The molecule has 2 aliphatic rings. The van der Waals surface area contributed by atoms with Crippen molar-refractivity contribution in [2.75, 3.05) is 5.32 Å². The molecule has 2 aliphatic carbocycles. The number of benzene rings is 1. The summed E-state index contributed by atoms with van der Waals surface area (Å²) in [6.45, 7) is 2.12. The van der Waals surface area contributed by atoms with Gasteiger partial charge < -0.3 is 5.32 Å². The summed E-state index contributed by atoms with van der Waals surface area (Å²) < 4.78 is 0. The second kappa shape index (κ2) is 5.36. The fraction of sp³-hybridized carbons (Fsp3) is 0.647. The van der Waals surface area contributed by atoms with E-state index >= 15 is 0 Å². The molecule has 0 saturated heterocycles. The van der Waals surface area contributed by atoms with Crippen LogP contribution >= 0.6 is 11.6 Å². The lowest BCUT2D eigenvalue weighted by Gasteiger charge is -2.38. The zero-order valence-corrected chi connectivity index (χ0v) is 12.6. The van der Waals surface area contributed by atoms with Gasteiger partial charge in [-0.15, -0.1) is 0 Å². The van der Waals surface area contributed by atoms with Crippen LogP contribution in [0.5, 0.6) is 0 Å². The highest BCUT2D eigenvalue weighted by molar-refractivity contribution is 6.33. The van der Waals surface area contributed by atoms with Crippen molar-refractivity contribution in [2.45, 2.75) is 64.3 Å². The number of hydrogen-bond acceptors (Lipinski definition) is 1. The highest BCUT2D eigenvalue weighted by atomic mass is 35.5. The largest absolute Gasteiger partial charge is 0.381 e.